The van der Waals surface area contributed by atoms with Crippen molar-refractivity contribution in [3.05, 3.63) is 65.5 Å². The third-order valence-electron chi connectivity index (χ3n) is 2.70. The van der Waals surface area contributed by atoms with Crippen molar-refractivity contribution in [2.75, 3.05) is 0 Å². The van der Waals surface area contributed by atoms with E-state index in [1.807, 2.05) is 0 Å². The molecule has 4 nitrogen and oxygen atoms in total. The van der Waals surface area contributed by atoms with Gasteiger partial charge in [0.15, 0.2) is 0 Å². The molecule has 0 amide bonds. The minimum absolute atomic E-state index is 0.0355. The van der Waals surface area contributed by atoms with Gasteiger partial charge in [0.1, 0.15) is 0 Å². The minimum atomic E-state index is -1.05. The van der Waals surface area contributed by atoms with Crippen LogP contribution in [-0.4, -0.2) is 11.9 Å². The summed E-state index contributed by atoms with van der Waals surface area (Å²) < 4.78 is 0. The zero-order valence-electron chi connectivity index (χ0n) is 11.2. The number of benzene rings is 2. The molecule has 0 unspecified atom stereocenters. The Balaban J connectivity index is 2.14. The summed E-state index contributed by atoms with van der Waals surface area (Å²) in [5, 5.41) is -0.0514. The van der Waals surface area contributed by atoms with Crippen molar-refractivity contribution in [1.29, 1.82) is 0 Å². The second kappa shape index (κ2) is 8.00. The molecule has 0 saturated heterocycles. The quantitative estimate of drug-likeness (QED) is 0.297. The van der Waals surface area contributed by atoms with E-state index < -0.39 is 11.9 Å². The topological polar surface area (TPSA) is 52.6 Å². The van der Waals surface area contributed by atoms with Crippen molar-refractivity contribution in [3.8, 4) is 0 Å². The normalized spacial score (nSPS) is 10.4. The molecular formula is C14H4Cl6O4. The molecule has 2 rings (SSSR count). The predicted octanol–water partition coefficient (Wildman–Crippen LogP) is 6.54. The van der Waals surface area contributed by atoms with Gasteiger partial charge in [0.2, 0.25) is 0 Å². The third kappa shape index (κ3) is 4.02. The number of rotatable bonds is 2. The summed E-state index contributed by atoms with van der Waals surface area (Å²) in [7, 11) is 0. The molecule has 24 heavy (non-hydrogen) atoms. The highest BCUT2D eigenvalue weighted by Gasteiger charge is 2.22. The fraction of sp³-hybridized carbons (Fsp3) is 0. The maximum atomic E-state index is 11.9. The van der Waals surface area contributed by atoms with Crippen LogP contribution < -0.4 is 0 Å². The van der Waals surface area contributed by atoms with Crippen LogP contribution in [-0.2, 0) is 9.78 Å². The summed E-state index contributed by atoms with van der Waals surface area (Å²) in [5.74, 6) is -2.11. The molecule has 2 aromatic carbocycles. The average Bonchev–Trinajstić information content (AvgIpc) is 2.55. The van der Waals surface area contributed by atoms with Crippen molar-refractivity contribution < 1.29 is 19.4 Å². The van der Waals surface area contributed by atoms with Crippen molar-refractivity contribution in [1.82, 2.24) is 0 Å². The van der Waals surface area contributed by atoms with Crippen molar-refractivity contribution in [2.45, 2.75) is 0 Å². The number of carbonyl (C=O) groups is 2. The molecule has 10 heteroatoms. The molecule has 126 valence electrons. The third-order valence-corrected chi connectivity index (χ3v) is 5.29. The first-order chi connectivity index (χ1) is 11.2. The molecule has 0 N–H and O–H groups in total. The highest BCUT2D eigenvalue weighted by Crippen LogP contribution is 2.34. The SMILES string of the molecule is O=C(OOC(=O)c1ccc(Cl)c(Cl)c1Cl)c1ccc(Cl)c(Cl)c1Cl. The first-order valence-electron chi connectivity index (χ1n) is 5.94. The molecule has 0 saturated carbocycles. The van der Waals surface area contributed by atoms with E-state index in [2.05, 4.69) is 9.78 Å². The zero-order valence-corrected chi connectivity index (χ0v) is 15.7. The number of carbonyl (C=O) groups excluding carboxylic acids is 2. The van der Waals surface area contributed by atoms with Crippen molar-refractivity contribution in [3.63, 3.8) is 0 Å². The van der Waals surface area contributed by atoms with E-state index in [0.717, 1.165) is 0 Å². The fourth-order valence-electron chi connectivity index (χ4n) is 1.53. The summed E-state index contributed by atoms with van der Waals surface area (Å²) in [6.45, 7) is 0. The van der Waals surface area contributed by atoms with Gasteiger partial charge in [-0.2, -0.15) is 0 Å². The minimum Gasteiger partial charge on any atom is -0.241 e. The second-order valence-corrected chi connectivity index (χ2v) is 6.51. The van der Waals surface area contributed by atoms with Crippen molar-refractivity contribution >= 4 is 81.5 Å². The molecule has 0 fully saturated rings. The molecule has 0 atom stereocenters. The molecule has 0 spiro atoms. The van der Waals surface area contributed by atoms with Crippen LogP contribution in [0.3, 0.4) is 0 Å². The van der Waals surface area contributed by atoms with E-state index in [0.29, 0.717) is 0 Å². The Labute approximate surface area is 166 Å². The van der Waals surface area contributed by atoms with Gasteiger partial charge < -0.3 is 0 Å². The average molecular weight is 449 g/mol. The van der Waals surface area contributed by atoms with Gasteiger partial charge in [-0.25, -0.2) is 19.4 Å². The molecule has 0 radical (unpaired) electrons. The Morgan fingerprint density at radius 1 is 0.583 bits per heavy atom. The van der Waals surface area contributed by atoms with Gasteiger partial charge in [-0.1, -0.05) is 69.6 Å². The Hall–Kier alpha value is -0.880. The van der Waals surface area contributed by atoms with Crippen LogP contribution in [0.25, 0.3) is 0 Å². The second-order valence-electron chi connectivity index (χ2n) is 4.19. The standard InChI is InChI=1S/C14H4Cl6O4/c15-7-3-1-5(9(17)11(7)19)13(21)23-24-14(22)6-2-4-8(16)12(20)10(6)18/h1-4H. The van der Waals surface area contributed by atoms with Crippen molar-refractivity contribution in [2.24, 2.45) is 0 Å². The highest BCUT2D eigenvalue weighted by atomic mass is 35.5. The molecule has 0 aromatic heterocycles. The first-order valence-corrected chi connectivity index (χ1v) is 8.21. The molecule has 0 aliphatic rings. The fourth-order valence-corrected chi connectivity index (χ4v) is 2.76. The lowest BCUT2D eigenvalue weighted by Crippen LogP contribution is -2.13. The van der Waals surface area contributed by atoms with Gasteiger partial charge in [0.05, 0.1) is 41.3 Å². The van der Waals surface area contributed by atoms with Gasteiger partial charge in [0, 0.05) is 0 Å². The summed E-state index contributed by atoms with van der Waals surface area (Å²) in [5.41, 5.74) is -0.279. The van der Waals surface area contributed by atoms with Crippen LogP contribution in [0.5, 0.6) is 0 Å². The van der Waals surface area contributed by atoms with E-state index in [-0.39, 0.29) is 41.3 Å². The summed E-state index contributed by atoms with van der Waals surface area (Å²) in [4.78, 5) is 32.7. The first kappa shape index (κ1) is 19.4. The lowest BCUT2D eigenvalue weighted by molar-refractivity contribution is -0.187. The Morgan fingerprint density at radius 3 is 1.25 bits per heavy atom. The highest BCUT2D eigenvalue weighted by molar-refractivity contribution is 6.49. The van der Waals surface area contributed by atoms with Gasteiger partial charge in [-0.15, -0.1) is 0 Å². The molecule has 0 aliphatic carbocycles. The van der Waals surface area contributed by atoms with Crippen LogP contribution in [0, 0.1) is 0 Å². The van der Waals surface area contributed by atoms with E-state index >= 15 is 0 Å². The van der Waals surface area contributed by atoms with Crippen LogP contribution >= 0.6 is 69.6 Å². The lowest BCUT2D eigenvalue weighted by atomic mass is 10.2. The molecule has 2 aromatic rings. The van der Waals surface area contributed by atoms with E-state index in [1.54, 1.807) is 0 Å². The van der Waals surface area contributed by atoms with E-state index in [1.165, 1.54) is 24.3 Å². The smallest absolute Gasteiger partial charge is 0.241 e. The molecule has 0 heterocycles. The Bertz CT molecular complexity index is 767. The van der Waals surface area contributed by atoms with E-state index in [4.69, 9.17) is 69.6 Å². The van der Waals surface area contributed by atoms with Gasteiger partial charge in [-0.3, -0.25) is 0 Å². The van der Waals surface area contributed by atoms with Crippen LogP contribution in [0.4, 0.5) is 0 Å². The maximum Gasteiger partial charge on any atom is 0.387 e. The number of hydrogen-bond donors (Lipinski definition) is 0. The van der Waals surface area contributed by atoms with Crippen LogP contribution in [0.1, 0.15) is 20.7 Å². The maximum absolute atomic E-state index is 11.9. The van der Waals surface area contributed by atoms with Gasteiger partial charge in [0.25, 0.3) is 0 Å². The van der Waals surface area contributed by atoms with E-state index in [9.17, 15) is 9.59 Å². The largest absolute Gasteiger partial charge is 0.387 e. The number of halogens is 6. The zero-order chi connectivity index (χ0) is 18.0. The Morgan fingerprint density at radius 2 is 0.917 bits per heavy atom. The van der Waals surface area contributed by atoms with Gasteiger partial charge >= 0.3 is 11.9 Å². The van der Waals surface area contributed by atoms with Gasteiger partial charge in [-0.05, 0) is 24.3 Å². The summed E-state index contributed by atoms with van der Waals surface area (Å²) in [6.07, 6.45) is 0. The number of hydrogen-bond acceptors (Lipinski definition) is 4. The molecular weight excluding hydrogens is 445 g/mol. The molecule has 0 aliphatic heterocycles. The predicted molar refractivity (Wildman–Crippen MR) is 93.8 cm³/mol. The summed E-state index contributed by atoms with van der Waals surface area (Å²) >= 11 is 34.9. The van der Waals surface area contributed by atoms with Crippen LogP contribution in [0.2, 0.25) is 30.1 Å². The van der Waals surface area contributed by atoms with Crippen LogP contribution in [0.15, 0.2) is 24.3 Å². The Kier molecular flexibility index (Phi) is 6.48. The molecule has 0 bridgehead atoms. The monoisotopic (exact) mass is 446 g/mol. The summed E-state index contributed by atoms with van der Waals surface area (Å²) in [6, 6.07) is 5.20. The lowest BCUT2D eigenvalue weighted by Gasteiger charge is -2.08.